The number of fused-ring (bicyclic) bond motifs is 1. The number of benzene rings is 1. The molecule has 0 radical (unpaired) electrons. The van der Waals surface area contributed by atoms with Crippen LogP contribution in [0.3, 0.4) is 0 Å². The molecule has 128 valence electrons. The van der Waals surface area contributed by atoms with Crippen LogP contribution < -0.4 is 21.7 Å². The quantitative estimate of drug-likeness (QED) is 0.690. The van der Waals surface area contributed by atoms with Crippen molar-refractivity contribution in [2.45, 2.75) is 20.0 Å². The van der Waals surface area contributed by atoms with Crippen molar-refractivity contribution in [1.82, 2.24) is 9.97 Å². The molecular formula is C16H15ClF3N3O. The van der Waals surface area contributed by atoms with Gasteiger partial charge in [0, 0.05) is 11.6 Å². The molecule has 0 atom stereocenters. The van der Waals surface area contributed by atoms with E-state index in [1.807, 2.05) is 31.2 Å². The van der Waals surface area contributed by atoms with E-state index in [4.69, 9.17) is 4.74 Å². The topological polar surface area (TPSA) is 41.8 Å². The molecule has 3 rings (SSSR count). The summed E-state index contributed by atoms with van der Waals surface area (Å²) in [5, 5.41) is 0. The van der Waals surface area contributed by atoms with Gasteiger partial charge < -0.3 is 17.1 Å². The fourth-order valence-electron chi connectivity index (χ4n) is 2.34. The molecule has 0 saturated heterocycles. The summed E-state index contributed by atoms with van der Waals surface area (Å²) in [7, 11) is 0. The van der Waals surface area contributed by atoms with Gasteiger partial charge in [-0.25, -0.2) is 9.55 Å². The molecule has 0 spiro atoms. The number of halogens is 4. The Morgan fingerprint density at radius 1 is 1.17 bits per heavy atom. The third kappa shape index (κ3) is 3.62. The number of hydrogen-bond donors (Lipinski definition) is 1. The van der Waals surface area contributed by atoms with Crippen molar-refractivity contribution >= 4 is 11.0 Å². The smallest absolute Gasteiger partial charge is 0.422 e. The highest BCUT2D eigenvalue weighted by Gasteiger charge is 2.29. The lowest BCUT2D eigenvalue weighted by Gasteiger charge is -2.13. The maximum absolute atomic E-state index is 12.3. The van der Waals surface area contributed by atoms with E-state index in [2.05, 4.69) is 9.97 Å². The average Bonchev–Trinajstić information content (AvgIpc) is 2.91. The largest absolute Gasteiger partial charge is 1.00 e. The maximum Gasteiger partial charge on any atom is 0.422 e. The molecule has 1 aromatic carbocycles. The Bertz CT molecular complexity index is 828. The van der Waals surface area contributed by atoms with Gasteiger partial charge in [-0.15, -0.1) is 0 Å². The molecule has 2 heterocycles. The molecule has 3 aromatic rings. The van der Waals surface area contributed by atoms with Crippen LogP contribution in [0, 0.1) is 13.8 Å². The lowest BCUT2D eigenvalue weighted by atomic mass is 10.2. The van der Waals surface area contributed by atoms with E-state index in [-0.39, 0.29) is 18.2 Å². The molecule has 0 saturated carbocycles. The van der Waals surface area contributed by atoms with Gasteiger partial charge in [0.1, 0.15) is 11.3 Å². The van der Waals surface area contributed by atoms with Gasteiger partial charge in [-0.3, -0.25) is 0 Å². The van der Waals surface area contributed by atoms with Gasteiger partial charge in [-0.1, -0.05) is 17.1 Å². The normalized spacial score (nSPS) is 11.4. The molecule has 4 nitrogen and oxygen atoms in total. The summed E-state index contributed by atoms with van der Waals surface area (Å²) in [5.41, 5.74) is 3.11. The van der Waals surface area contributed by atoms with Crippen molar-refractivity contribution in [1.29, 1.82) is 0 Å². The Kier molecular flexibility index (Phi) is 5.03. The van der Waals surface area contributed by atoms with Crippen molar-refractivity contribution in [3.8, 4) is 11.7 Å². The van der Waals surface area contributed by atoms with E-state index in [9.17, 15) is 13.2 Å². The van der Waals surface area contributed by atoms with E-state index < -0.39 is 12.8 Å². The van der Waals surface area contributed by atoms with Crippen LogP contribution in [-0.2, 0) is 0 Å². The molecular weight excluding hydrogens is 343 g/mol. The zero-order chi connectivity index (χ0) is 16.6. The second-order valence-electron chi connectivity index (χ2n) is 5.24. The lowest BCUT2D eigenvalue weighted by molar-refractivity contribution is -0.610. The first-order valence-electron chi connectivity index (χ1n) is 7.02. The number of ether oxygens (including phenoxy) is 1. The number of nitrogens with zero attached hydrogens (tertiary/aromatic N) is 2. The summed E-state index contributed by atoms with van der Waals surface area (Å²) in [6.45, 7) is 2.23. The Hall–Kier alpha value is -2.28. The van der Waals surface area contributed by atoms with E-state index in [1.54, 1.807) is 17.7 Å². The van der Waals surface area contributed by atoms with Crippen LogP contribution >= 0.6 is 0 Å². The Morgan fingerprint density at radius 2 is 1.88 bits per heavy atom. The number of H-pyrrole nitrogens is 1. The highest BCUT2D eigenvalue weighted by atomic mass is 35.5. The van der Waals surface area contributed by atoms with Crippen LogP contribution in [0.4, 0.5) is 13.2 Å². The molecule has 0 unspecified atom stereocenters. The Labute approximate surface area is 142 Å². The van der Waals surface area contributed by atoms with Crippen LogP contribution in [0.25, 0.3) is 17.0 Å². The highest BCUT2D eigenvalue weighted by Crippen LogP contribution is 2.23. The van der Waals surface area contributed by atoms with Crippen LogP contribution in [-0.4, -0.2) is 22.8 Å². The SMILES string of the molecule is Cc1c(OCC(F)(F)F)cc[n+](-c2nc3ccccc3[nH]2)c1C.[Cl-]. The molecule has 24 heavy (non-hydrogen) atoms. The van der Waals surface area contributed by atoms with Crippen LogP contribution in [0.5, 0.6) is 5.75 Å². The van der Waals surface area contributed by atoms with Crippen molar-refractivity contribution in [2.75, 3.05) is 6.61 Å². The lowest BCUT2D eigenvalue weighted by Crippen LogP contribution is -3.00. The number of aromatic nitrogens is 3. The van der Waals surface area contributed by atoms with Crippen LogP contribution in [0.15, 0.2) is 36.5 Å². The minimum atomic E-state index is -4.36. The molecule has 0 aliphatic rings. The molecule has 0 amide bonds. The summed E-state index contributed by atoms with van der Waals surface area (Å²) >= 11 is 0. The van der Waals surface area contributed by atoms with E-state index in [1.165, 1.54) is 6.07 Å². The third-order valence-corrected chi connectivity index (χ3v) is 3.65. The van der Waals surface area contributed by atoms with Crippen molar-refractivity contribution in [2.24, 2.45) is 0 Å². The molecule has 2 aromatic heterocycles. The van der Waals surface area contributed by atoms with Gasteiger partial charge >= 0.3 is 12.1 Å². The van der Waals surface area contributed by atoms with Gasteiger partial charge in [-0.05, 0) is 26.0 Å². The fraction of sp³-hybridized carbons (Fsp3) is 0.250. The molecule has 1 N–H and O–H groups in total. The van der Waals surface area contributed by atoms with Crippen molar-refractivity contribution in [3.05, 3.63) is 47.8 Å². The second kappa shape index (κ2) is 6.68. The molecule has 0 aliphatic carbocycles. The summed E-state index contributed by atoms with van der Waals surface area (Å²) in [6.07, 6.45) is -2.71. The number of para-hydroxylation sites is 2. The standard InChI is InChI=1S/C16H15F3N3O.ClH/c1-10-11(2)22(8-7-14(10)23-9-16(17,18)19)15-20-12-5-3-4-6-13(12)21-15;/h3-8H,9H2,1-2H3,(H,20,21);1H/q+1;/p-1. The maximum atomic E-state index is 12.3. The van der Waals surface area contributed by atoms with Crippen LogP contribution in [0.1, 0.15) is 11.3 Å². The van der Waals surface area contributed by atoms with Gasteiger partial charge in [-0.2, -0.15) is 13.2 Å². The van der Waals surface area contributed by atoms with Gasteiger partial charge in [0.2, 0.25) is 0 Å². The molecule has 0 fully saturated rings. The van der Waals surface area contributed by atoms with Crippen molar-refractivity contribution in [3.63, 3.8) is 0 Å². The fourth-order valence-corrected chi connectivity index (χ4v) is 2.34. The summed E-state index contributed by atoms with van der Waals surface area (Å²) in [5.74, 6) is 0.821. The van der Waals surface area contributed by atoms with Gasteiger partial charge in [0.25, 0.3) is 0 Å². The Morgan fingerprint density at radius 3 is 2.54 bits per heavy atom. The van der Waals surface area contributed by atoms with E-state index in [0.717, 1.165) is 16.7 Å². The first kappa shape index (κ1) is 18.1. The zero-order valence-electron chi connectivity index (χ0n) is 13.0. The number of aromatic amines is 1. The number of pyridine rings is 1. The third-order valence-electron chi connectivity index (χ3n) is 3.65. The van der Waals surface area contributed by atoms with Crippen molar-refractivity contribution < 1.29 is 34.9 Å². The molecule has 0 bridgehead atoms. The summed E-state index contributed by atoms with van der Waals surface area (Å²) < 4.78 is 43.5. The molecule has 0 aliphatic heterocycles. The first-order chi connectivity index (χ1) is 10.8. The predicted molar refractivity (Wildman–Crippen MR) is 78.6 cm³/mol. The summed E-state index contributed by atoms with van der Waals surface area (Å²) in [4.78, 5) is 7.67. The minimum absolute atomic E-state index is 0. The van der Waals surface area contributed by atoms with E-state index >= 15 is 0 Å². The first-order valence-corrected chi connectivity index (χ1v) is 7.02. The number of nitrogens with one attached hydrogen (secondary N) is 1. The number of imidazole rings is 1. The average molecular weight is 358 g/mol. The Balaban J connectivity index is 0.00000208. The highest BCUT2D eigenvalue weighted by molar-refractivity contribution is 5.75. The predicted octanol–water partition coefficient (Wildman–Crippen LogP) is 0.402. The number of hydrogen-bond acceptors (Lipinski definition) is 2. The second-order valence-corrected chi connectivity index (χ2v) is 5.24. The zero-order valence-corrected chi connectivity index (χ0v) is 13.7. The number of alkyl halides is 3. The van der Waals surface area contributed by atoms with Gasteiger partial charge in [0.15, 0.2) is 12.1 Å². The van der Waals surface area contributed by atoms with E-state index in [0.29, 0.717) is 11.5 Å². The summed E-state index contributed by atoms with van der Waals surface area (Å²) in [6, 6.07) is 9.11. The minimum Gasteiger partial charge on any atom is -1.00 e. The monoisotopic (exact) mass is 357 g/mol. The van der Waals surface area contributed by atoms with Crippen LogP contribution in [0.2, 0.25) is 0 Å². The molecule has 8 heteroatoms. The number of rotatable bonds is 3. The van der Waals surface area contributed by atoms with Gasteiger partial charge in [0.05, 0.1) is 11.9 Å².